The van der Waals surface area contributed by atoms with Crippen molar-refractivity contribution in [3.8, 4) is 0 Å². The van der Waals surface area contributed by atoms with E-state index in [1.807, 2.05) is 24.3 Å². The van der Waals surface area contributed by atoms with Crippen LogP contribution in [0.1, 0.15) is 11.1 Å². The molecule has 0 bridgehead atoms. The second-order valence-electron chi connectivity index (χ2n) is 5.43. The Balaban J connectivity index is 1.57. The molecule has 2 aromatic carbocycles. The second kappa shape index (κ2) is 6.58. The van der Waals surface area contributed by atoms with Crippen LogP contribution in [0.2, 0.25) is 0 Å². The summed E-state index contributed by atoms with van der Waals surface area (Å²) >= 11 is 2.26. The Kier molecular flexibility index (Phi) is 4.55. The molecule has 0 radical (unpaired) electrons. The van der Waals surface area contributed by atoms with Gasteiger partial charge in [0.1, 0.15) is 6.54 Å². The number of hydrogen-bond acceptors (Lipinski definition) is 1. The van der Waals surface area contributed by atoms with Crippen LogP contribution < -0.4 is 10.2 Å². The normalized spacial score (nSPS) is 17.1. The summed E-state index contributed by atoms with van der Waals surface area (Å²) < 4.78 is 1.17. The van der Waals surface area contributed by atoms with Gasteiger partial charge in [0.05, 0.1) is 6.54 Å². The smallest absolute Gasteiger partial charge is 0.279 e. The van der Waals surface area contributed by atoms with Gasteiger partial charge in [0.25, 0.3) is 5.91 Å². The lowest BCUT2D eigenvalue weighted by Crippen LogP contribution is -3.12. The lowest BCUT2D eigenvalue weighted by molar-refractivity contribution is -0.907. The minimum absolute atomic E-state index is 0.0885. The molecule has 0 fully saturated rings. The van der Waals surface area contributed by atoms with Crippen molar-refractivity contribution in [1.29, 1.82) is 0 Å². The molecule has 2 N–H and O–H groups in total. The van der Waals surface area contributed by atoms with Crippen LogP contribution in [-0.4, -0.2) is 19.0 Å². The van der Waals surface area contributed by atoms with Crippen molar-refractivity contribution in [3.05, 3.63) is 63.2 Å². The Morgan fingerprint density at radius 2 is 1.81 bits per heavy atom. The fraction of sp³-hybridized carbons (Fsp3) is 0.235. The summed E-state index contributed by atoms with van der Waals surface area (Å²) in [6.45, 7) is 2.49. The number of quaternary nitrogens is 1. The van der Waals surface area contributed by atoms with Gasteiger partial charge in [-0.15, -0.1) is 0 Å². The molecule has 4 heteroatoms. The first-order chi connectivity index (χ1) is 10.2. The molecule has 21 heavy (non-hydrogen) atoms. The zero-order chi connectivity index (χ0) is 14.7. The number of rotatable bonds is 3. The summed E-state index contributed by atoms with van der Waals surface area (Å²) in [5, 5.41) is 2.98. The van der Waals surface area contributed by atoms with Gasteiger partial charge in [-0.3, -0.25) is 4.79 Å². The highest BCUT2D eigenvalue weighted by atomic mass is 127. The summed E-state index contributed by atoms with van der Waals surface area (Å²) in [4.78, 5) is 13.5. The lowest BCUT2D eigenvalue weighted by Gasteiger charge is -2.25. The molecule has 1 unspecified atom stereocenters. The van der Waals surface area contributed by atoms with E-state index in [0.717, 1.165) is 25.2 Å². The van der Waals surface area contributed by atoms with E-state index in [0.29, 0.717) is 6.54 Å². The molecule has 3 rings (SSSR count). The zero-order valence-electron chi connectivity index (χ0n) is 11.7. The molecule has 1 heterocycles. The third-order valence-electron chi connectivity index (χ3n) is 3.85. The van der Waals surface area contributed by atoms with Gasteiger partial charge in [-0.05, 0) is 52.4 Å². The quantitative estimate of drug-likeness (QED) is 0.768. The van der Waals surface area contributed by atoms with Gasteiger partial charge in [0.15, 0.2) is 6.54 Å². The predicted octanol–water partition coefficient (Wildman–Crippen LogP) is 1.87. The maximum atomic E-state index is 12.1. The third-order valence-corrected chi connectivity index (χ3v) is 4.56. The van der Waals surface area contributed by atoms with Gasteiger partial charge >= 0.3 is 0 Å². The Morgan fingerprint density at radius 1 is 1.10 bits per heavy atom. The monoisotopic (exact) mass is 393 g/mol. The number of amides is 1. The van der Waals surface area contributed by atoms with Crippen LogP contribution >= 0.6 is 22.6 Å². The first-order valence-electron chi connectivity index (χ1n) is 7.16. The van der Waals surface area contributed by atoms with Crippen molar-refractivity contribution >= 4 is 34.2 Å². The summed E-state index contributed by atoms with van der Waals surface area (Å²) in [5.74, 6) is 0.0885. The summed E-state index contributed by atoms with van der Waals surface area (Å²) in [7, 11) is 0. The number of carbonyl (C=O) groups excluding carboxylic acids is 1. The van der Waals surface area contributed by atoms with Crippen LogP contribution in [0.4, 0.5) is 5.69 Å². The van der Waals surface area contributed by atoms with Crippen LogP contribution in [0.25, 0.3) is 0 Å². The second-order valence-corrected chi connectivity index (χ2v) is 6.67. The molecule has 0 saturated carbocycles. The van der Waals surface area contributed by atoms with Crippen LogP contribution in [0.3, 0.4) is 0 Å². The van der Waals surface area contributed by atoms with E-state index in [1.165, 1.54) is 19.6 Å². The first kappa shape index (κ1) is 14.5. The van der Waals surface area contributed by atoms with Crippen LogP contribution in [0, 0.1) is 3.57 Å². The molecule has 0 aromatic heterocycles. The van der Waals surface area contributed by atoms with Gasteiger partial charge in [0.2, 0.25) is 0 Å². The number of halogens is 1. The minimum Gasteiger partial charge on any atom is -0.323 e. The average molecular weight is 393 g/mol. The van der Waals surface area contributed by atoms with E-state index in [1.54, 1.807) is 0 Å². The maximum Gasteiger partial charge on any atom is 0.279 e. The zero-order valence-corrected chi connectivity index (χ0v) is 13.9. The summed E-state index contributed by atoms with van der Waals surface area (Å²) in [6, 6.07) is 16.4. The number of anilines is 1. The van der Waals surface area contributed by atoms with Crippen molar-refractivity contribution in [2.75, 3.05) is 18.4 Å². The highest BCUT2D eigenvalue weighted by molar-refractivity contribution is 14.1. The molecule has 1 aliphatic rings. The van der Waals surface area contributed by atoms with E-state index in [2.05, 4.69) is 52.2 Å². The summed E-state index contributed by atoms with van der Waals surface area (Å²) in [5.41, 5.74) is 3.68. The van der Waals surface area contributed by atoms with Crippen molar-refractivity contribution < 1.29 is 9.69 Å². The van der Waals surface area contributed by atoms with Crippen LogP contribution in [0.15, 0.2) is 48.5 Å². The lowest BCUT2D eigenvalue weighted by atomic mass is 10.00. The Bertz CT molecular complexity index is 639. The van der Waals surface area contributed by atoms with Gasteiger partial charge in [-0.2, -0.15) is 0 Å². The van der Waals surface area contributed by atoms with Crippen LogP contribution in [-0.2, 0) is 17.8 Å². The predicted molar refractivity (Wildman–Crippen MR) is 92.3 cm³/mol. The van der Waals surface area contributed by atoms with Crippen molar-refractivity contribution in [2.24, 2.45) is 0 Å². The highest BCUT2D eigenvalue weighted by Crippen LogP contribution is 2.11. The molecule has 0 saturated heterocycles. The average Bonchev–Trinajstić information content (AvgIpc) is 2.49. The fourth-order valence-electron chi connectivity index (χ4n) is 2.76. The number of hydrogen-bond donors (Lipinski definition) is 2. The molecular weight excluding hydrogens is 375 g/mol. The highest BCUT2D eigenvalue weighted by Gasteiger charge is 2.21. The van der Waals surface area contributed by atoms with Gasteiger partial charge in [-0.1, -0.05) is 24.3 Å². The number of benzene rings is 2. The molecule has 1 aliphatic heterocycles. The largest absolute Gasteiger partial charge is 0.323 e. The van der Waals surface area contributed by atoms with Crippen LogP contribution in [0.5, 0.6) is 0 Å². The van der Waals surface area contributed by atoms with E-state index in [9.17, 15) is 4.79 Å². The minimum atomic E-state index is 0.0885. The molecule has 1 amide bonds. The fourth-order valence-corrected chi connectivity index (χ4v) is 3.12. The van der Waals surface area contributed by atoms with E-state index in [-0.39, 0.29) is 5.91 Å². The van der Waals surface area contributed by atoms with Gasteiger partial charge in [0, 0.05) is 21.2 Å². The van der Waals surface area contributed by atoms with Crippen molar-refractivity contribution in [1.82, 2.24) is 0 Å². The van der Waals surface area contributed by atoms with Crippen molar-refractivity contribution in [2.45, 2.75) is 13.0 Å². The Hall–Kier alpha value is -1.40. The molecular formula is C17H18IN2O+. The number of fused-ring (bicyclic) bond motifs is 1. The van der Waals surface area contributed by atoms with Crippen molar-refractivity contribution in [3.63, 3.8) is 0 Å². The maximum absolute atomic E-state index is 12.1. The SMILES string of the molecule is O=C(C[NH+]1CCc2ccccc2C1)Nc1ccc(I)cc1. The molecule has 2 aromatic rings. The molecule has 0 aliphatic carbocycles. The number of carbonyl (C=O) groups is 1. The third kappa shape index (κ3) is 3.83. The Morgan fingerprint density at radius 3 is 2.57 bits per heavy atom. The molecule has 0 spiro atoms. The first-order valence-corrected chi connectivity index (χ1v) is 8.24. The molecule has 3 nitrogen and oxygen atoms in total. The number of nitrogens with one attached hydrogen (secondary N) is 2. The molecule has 108 valence electrons. The Labute approximate surface area is 138 Å². The van der Waals surface area contributed by atoms with E-state index < -0.39 is 0 Å². The van der Waals surface area contributed by atoms with Gasteiger partial charge in [-0.25, -0.2) is 0 Å². The standard InChI is InChI=1S/C17H17IN2O/c18-15-5-7-16(8-6-15)19-17(21)12-20-10-9-13-3-1-2-4-14(13)11-20/h1-8H,9-12H2,(H,19,21)/p+1. The van der Waals surface area contributed by atoms with Gasteiger partial charge < -0.3 is 10.2 Å². The van der Waals surface area contributed by atoms with E-state index >= 15 is 0 Å². The summed E-state index contributed by atoms with van der Waals surface area (Å²) in [6.07, 6.45) is 1.06. The molecule has 1 atom stereocenters. The topological polar surface area (TPSA) is 33.5 Å². The van der Waals surface area contributed by atoms with E-state index in [4.69, 9.17) is 0 Å².